The molecule has 1 atom stereocenters. The normalized spacial score (nSPS) is 7.78. The van der Waals surface area contributed by atoms with Gasteiger partial charge in [-0.1, -0.05) is 13.3 Å². The summed E-state index contributed by atoms with van der Waals surface area (Å²) in [7, 11) is 2.05. The van der Waals surface area contributed by atoms with Crippen LogP contribution >= 0.6 is 9.24 Å². The maximum atomic E-state index is 8.89. The molecule has 0 heterocycles. The molecule has 0 saturated heterocycles. The first-order chi connectivity index (χ1) is 4.15. The molecule has 3 heteroatoms. The van der Waals surface area contributed by atoms with Crippen LogP contribution in [0, 0.1) is 0 Å². The highest BCUT2D eigenvalue weighted by atomic mass is 31.0. The number of aliphatic carboxylic acids is 1. The third kappa shape index (κ3) is 76.2. The summed E-state index contributed by atoms with van der Waals surface area (Å²) >= 11 is 0. The zero-order valence-corrected chi connectivity index (χ0v) is 7.56. The lowest BCUT2D eigenvalue weighted by molar-refractivity contribution is -0.302. The number of hydrogen-bond acceptors (Lipinski definition) is 2. The lowest BCUT2D eigenvalue weighted by Gasteiger charge is -1.77. The van der Waals surface area contributed by atoms with Crippen molar-refractivity contribution in [1.29, 1.82) is 0 Å². The number of carbonyl (C=O) groups excluding carboxylic acids is 1. The van der Waals surface area contributed by atoms with Gasteiger partial charge in [0.25, 0.3) is 0 Å². The Hall–Kier alpha value is -0.100. The first-order valence-corrected chi connectivity index (χ1v) is 4.12. The number of carbonyl (C=O) groups is 1. The summed E-state index contributed by atoms with van der Waals surface area (Å²) in [5.41, 5.74) is 0. The van der Waals surface area contributed by atoms with Crippen LogP contribution in [0.25, 0.3) is 0 Å². The van der Waals surface area contributed by atoms with Gasteiger partial charge in [-0.15, -0.1) is 0 Å². The van der Waals surface area contributed by atoms with E-state index in [1.807, 2.05) is 9.24 Å². The van der Waals surface area contributed by atoms with Crippen molar-refractivity contribution < 1.29 is 9.90 Å². The van der Waals surface area contributed by atoms with E-state index < -0.39 is 5.97 Å². The molecule has 0 aliphatic carbocycles. The smallest absolute Gasteiger partial charge is 0.0526 e. The molecule has 0 fully saturated rings. The van der Waals surface area contributed by atoms with Gasteiger partial charge in [-0.25, -0.2) is 0 Å². The van der Waals surface area contributed by atoms with Gasteiger partial charge in [-0.2, -0.15) is 0 Å². The monoisotopic (exact) mass is 150 g/mol. The second-order valence-electron chi connectivity index (χ2n) is 1.70. The molecule has 0 aromatic rings. The first-order valence-electron chi connectivity index (χ1n) is 3.12. The van der Waals surface area contributed by atoms with Gasteiger partial charge in [0.1, 0.15) is 0 Å². The van der Waals surface area contributed by atoms with Gasteiger partial charge in [-0.3, -0.25) is 0 Å². The fourth-order valence-electron chi connectivity index (χ4n) is 0.250. The molecule has 56 valence electrons. The van der Waals surface area contributed by atoms with Crippen LogP contribution < -0.4 is 5.11 Å². The largest absolute Gasteiger partial charge is 0.550 e. The third-order valence-electron chi connectivity index (χ3n) is 0.604. The van der Waals surface area contributed by atoms with Crippen molar-refractivity contribution in [2.45, 2.75) is 26.7 Å². The molecule has 0 aromatic carbocycles. The molecule has 0 amide bonds. The Morgan fingerprint density at radius 3 is 2.00 bits per heavy atom. The van der Waals surface area contributed by atoms with Gasteiger partial charge in [0.05, 0.1) is 6.16 Å². The average molecular weight is 150 g/mol. The molecule has 0 aliphatic heterocycles. The zero-order valence-electron chi connectivity index (χ0n) is 6.14. The van der Waals surface area contributed by atoms with E-state index >= 15 is 0 Å². The SMILES string of the molecule is CC(=O)[O-].CCCC[PH3+]. The van der Waals surface area contributed by atoms with Gasteiger partial charge < -0.3 is 9.90 Å². The van der Waals surface area contributed by atoms with Crippen LogP contribution in [0.2, 0.25) is 0 Å². The van der Waals surface area contributed by atoms with E-state index in [1.54, 1.807) is 0 Å². The Kier molecular flexibility index (Phi) is 14.0. The fourth-order valence-corrected chi connectivity index (χ4v) is 0.750. The molecule has 0 N–H and O–H groups in total. The summed E-state index contributed by atoms with van der Waals surface area (Å²) in [6, 6.07) is 0. The first kappa shape index (κ1) is 11.7. The summed E-state index contributed by atoms with van der Waals surface area (Å²) in [6.45, 7) is 3.19. The maximum absolute atomic E-state index is 8.89. The van der Waals surface area contributed by atoms with Crippen LogP contribution in [-0.2, 0) is 4.79 Å². The lowest BCUT2D eigenvalue weighted by atomic mass is 10.4. The number of hydrogen-bond donors (Lipinski definition) is 0. The van der Waals surface area contributed by atoms with Crippen LogP contribution in [0.1, 0.15) is 26.7 Å². The molecule has 1 unspecified atom stereocenters. The summed E-state index contributed by atoms with van der Waals surface area (Å²) in [6.07, 6.45) is 4.12. The van der Waals surface area contributed by atoms with Gasteiger partial charge in [-0.05, 0) is 22.6 Å². The molecule has 0 saturated carbocycles. The minimum Gasteiger partial charge on any atom is -0.550 e. The highest BCUT2D eigenvalue weighted by Gasteiger charge is 1.72. The van der Waals surface area contributed by atoms with E-state index in [-0.39, 0.29) is 0 Å². The molecule has 0 rings (SSSR count). The van der Waals surface area contributed by atoms with Gasteiger partial charge in [0.2, 0.25) is 0 Å². The van der Waals surface area contributed by atoms with Crippen molar-refractivity contribution >= 4 is 15.2 Å². The van der Waals surface area contributed by atoms with Crippen LogP contribution in [0.4, 0.5) is 0 Å². The van der Waals surface area contributed by atoms with E-state index in [4.69, 9.17) is 9.90 Å². The summed E-state index contributed by atoms with van der Waals surface area (Å²) in [5.74, 6) is -1.08. The Labute approximate surface area is 58.9 Å². The van der Waals surface area contributed by atoms with Crippen LogP contribution in [0.5, 0.6) is 0 Å². The Morgan fingerprint density at radius 1 is 1.67 bits per heavy atom. The number of unbranched alkanes of at least 4 members (excludes halogenated alkanes) is 1. The number of carboxylic acid groups (broad SMARTS) is 1. The zero-order chi connectivity index (χ0) is 7.70. The molecule has 0 spiro atoms. The molecule has 0 aromatic heterocycles. The van der Waals surface area contributed by atoms with Crippen molar-refractivity contribution in [2.24, 2.45) is 0 Å². The lowest BCUT2D eigenvalue weighted by Crippen LogP contribution is -2.16. The van der Waals surface area contributed by atoms with Crippen molar-refractivity contribution in [3.8, 4) is 0 Å². The quantitative estimate of drug-likeness (QED) is 0.526. The molecule has 2 nitrogen and oxygen atoms in total. The minimum atomic E-state index is -1.08. The Morgan fingerprint density at radius 2 is 2.00 bits per heavy atom. The molecular formula is C6H15O2P. The topological polar surface area (TPSA) is 40.1 Å². The van der Waals surface area contributed by atoms with Crippen LogP contribution in [0.15, 0.2) is 0 Å². The maximum Gasteiger partial charge on any atom is 0.0526 e. The van der Waals surface area contributed by atoms with Crippen molar-refractivity contribution in [1.82, 2.24) is 0 Å². The van der Waals surface area contributed by atoms with E-state index in [1.165, 1.54) is 19.0 Å². The van der Waals surface area contributed by atoms with Gasteiger partial charge >= 0.3 is 0 Å². The second-order valence-corrected chi connectivity index (χ2v) is 2.41. The van der Waals surface area contributed by atoms with E-state index in [0.29, 0.717) is 0 Å². The fraction of sp³-hybridized carbons (Fsp3) is 0.833. The predicted octanol–water partition coefficient (Wildman–Crippen LogP) is 0.150. The standard InChI is InChI=1S/C4H11P.C2H4O2/c1-2-3-4-5;1-2(3)4/h2-5H2,1H3;1H3,(H,3,4). The highest BCUT2D eigenvalue weighted by Crippen LogP contribution is 1.89. The summed E-state index contributed by atoms with van der Waals surface area (Å²) in [5, 5.41) is 8.89. The van der Waals surface area contributed by atoms with Crippen molar-refractivity contribution in [2.75, 3.05) is 6.16 Å². The number of carboxylic acids is 1. The summed E-state index contributed by atoms with van der Waals surface area (Å²) < 4.78 is 0. The third-order valence-corrected chi connectivity index (χ3v) is 1.10. The molecule has 9 heavy (non-hydrogen) atoms. The Bertz CT molecular complexity index is 58.1. The van der Waals surface area contributed by atoms with Crippen molar-refractivity contribution in [3.63, 3.8) is 0 Å². The molecule has 0 aliphatic rings. The van der Waals surface area contributed by atoms with Crippen molar-refractivity contribution in [3.05, 3.63) is 0 Å². The van der Waals surface area contributed by atoms with E-state index in [0.717, 1.165) is 6.92 Å². The minimum absolute atomic E-state index is 0.972. The van der Waals surface area contributed by atoms with E-state index in [9.17, 15) is 0 Å². The number of rotatable bonds is 2. The molecule has 0 bridgehead atoms. The molecular weight excluding hydrogens is 135 g/mol. The van der Waals surface area contributed by atoms with Gasteiger partial charge in [0.15, 0.2) is 0 Å². The highest BCUT2D eigenvalue weighted by molar-refractivity contribution is 7.16. The van der Waals surface area contributed by atoms with Crippen LogP contribution in [0.3, 0.4) is 0 Å². The summed E-state index contributed by atoms with van der Waals surface area (Å²) in [4.78, 5) is 8.89. The molecule has 0 radical (unpaired) electrons. The van der Waals surface area contributed by atoms with Crippen LogP contribution in [-0.4, -0.2) is 12.1 Å². The van der Waals surface area contributed by atoms with E-state index in [2.05, 4.69) is 6.92 Å². The van der Waals surface area contributed by atoms with Gasteiger partial charge in [0, 0.05) is 5.97 Å². The average Bonchev–Trinajstić information content (AvgIpc) is 1.66. The second kappa shape index (κ2) is 10.8. The predicted molar refractivity (Wildman–Crippen MR) is 41.6 cm³/mol. The Balaban J connectivity index is 0.